The standard InChI is InChI=1S/C25H30N4O2/c1-19-24(20(2)29(26-19)23-10-5-4-6-11-23)18-27(3)25(30)22-9-7-8-21(16-22)17-28-12-14-31-15-13-28/h4-11,16H,12-15,17-18H2,1-3H3. The number of carbonyl (C=O) groups excluding carboxylic acids is 1. The topological polar surface area (TPSA) is 50.6 Å². The predicted molar refractivity (Wildman–Crippen MR) is 121 cm³/mol. The van der Waals surface area contributed by atoms with E-state index in [9.17, 15) is 4.79 Å². The monoisotopic (exact) mass is 418 g/mol. The second-order valence-electron chi connectivity index (χ2n) is 8.15. The zero-order valence-corrected chi connectivity index (χ0v) is 18.5. The Balaban J connectivity index is 1.48. The number of ether oxygens (including phenoxy) is 1. The summed E-state index contributed by atoms with van der Waals surface area (Å²) in [4.78, 5) is 17.3. The highest BCUT2D eigenvalue weighted by Gasteiger charge is 2.19. The van der Waals surface area contributed by atoms with Gasteiger partial charge in [0.1, 0.15) is 0 Å². The highest BCUT2D eigenvalue weighted by atomic mass is 16.5. The van der Waals surface area contributed by atoms with Crippen LogP contribution >= 0.6 is 0 Å². The van der Waals surface area contributed by atoms with E-state index in [1.54, 1.807) is 4.90 Å². The Morgan fingerprint density at radius 1 is 1.06 bits per heavy atom. The molecule has 2 aromatic carbocycles. The van der Waals surface area contributed by atoms with Crippen LogP contribution in [0.15, 0.2) is 54.6 Å². The molecule has 0 unspecified atom stereocenters. The van der Waals surface area contributed by atoms with Crippen molar-refractivity contribution in [3.8, 4) is 5.69 Å². The number of hydrogen-bond acceptors (Lipinski definition) is 4. The molecule has 1 aliphatic heterocycles. The third-order valence-electron chi connectivity index (χ3n) is 5.87. The van der Waals surface area contributed by atoms with Gasteiger partial charge in [-0.1, -0.05) is 30.3 Å². The minimum Gasteiger partial charge on any atom is -0.379 e. The lowest BCUT2D eigenvalue weighted by Gasteiger charge is -2.26. The molecule has 4 rings (SSSR count). The largest absolute Gasteiger partial charge is 0.379 e. The summed E-state index contributed by atoms with van der Waals surface area (Å²) in [5, 5.41) is 4.71. The molecule has 6 heteroatoms. The molecule has 3 aromatic rings. The van der Waals surface area contributed by atoms with E-state index in [1.165, 1.54) is 0 Å². The third kappa shape index (κ3) is 4.86. The zero-order valence-electron chi connectivity index (χ0n) is 18.5. The molecule has 31 heavy (non-hydrogen) atoms. The number of hydrogen-bond donors (Lipinski definition) is 0. The summed E-state index contributed by atoms with van der Waals surface area (Å²) in [6, 6.07) is 18.1. The Hall–Kier alpha value is -2.96. The Morgan fingerprint density at radius 3 is 2.55 bits per heavy atom. The number of aryl methyl sites for hydroxylation is 1. The Bertz CT molecular complexity index is 1040. The molecular formula is C25H30N4O2. The first-order valence-electron chi connectivity index (χ1n) is 10.8. The van der Waals surface area contributed by atoms with Gasteiger partial charge in [-0.15, -0.1) is 0 Å². The van der Waals surface area contributed by atoms with Crippen LogP contribution in [0, 0.1) is 13.8 Å². The average molecular weight is 419 g/mol. The van der Waals surface area contributed by atoms with Gasteiger partial charge in [-0.25, -0.2) is 4.68 Å². The van der Waals surface area contributed by atoms with Crippen LogP contribution in [-0.4, -0.2) is 58.8 Å². The van der Waals surface area contributed by atoms with E-state index in [0.29, 0.717) is 6.54 Å². The molecule has 1 saturated heterocycles. The summed E-state index contributed by atoms with van der Waals surface area (Å²) < 4.78 is 7.38. The third-order valence-corrected chi connectivity index (χ3v) is 5.87. The molecule has 0 radical (unpaired) electrons. The van der Waals surface area contributed by atoms with Gasteiger partial charge in [0.25, 0.3) is 5.91 Å². The second kappa shape index (κ2) is 9.45. The molecule has 1 fully saturated rings. The van der Waals surface area contributed by atoms with Gasteiger partial charge >= 0.3 is 0 Å². The molecular weight excluding hydrogens is 388 g/mol. The molecule has 162 valence electrons. The summed E-state index contributed by atoms with van der Waals surface area (Å²) in [6.07, 6.45) is 0. The van der Waals surface area contributed by atoms with E-state index in [2.05, 4.69) is 17.9 Å². The van der Waals surface area contributed by atoms with Crippen molar-refractivity contribution in [2.24, 2.45) is 0 Å². The molecule has 6 nitrogen and oxygen atoms in total. The summed E-state index contributed by atoms with van der Waals surface area (Å²) in [7, 11) is 1.86. The summed E-state index contributed by atoms with van der Waals surface area (Å²) >= 11 is 0. The van der Waals surface area contributed by atoms with Crippen molar-refractivity contribution in [2.75, 3.05) is 33.4 Å². The number of morpholine rings is 1. The van der Waals surface area contributed by atoms with Crippen molar-refractivity contribution in [3.63, 3.8) is 0 Å². The van der Waals surface area contributed by atoms with Gasteiger partial charge in [0.2, 0.25) is 0 Å². The van der Waals surface area contributed by atoms with Crippen molar-refractivity contribution >= 4 is 5.91 Å². The molecule has 0 atom stereocenters. The van der Waals surface area contributed by atoms with E-state index in [1.807, 2.05) is 67.2 Å². The first-order valence-corrected chi connectivity index (χ1v) is 10.8. The van der Waals surface area contributed by atoms with Crippen LogP contribution in [0.25, 0.3) is 5.69 Å². The lowest BCUT2D eigenvalue weighted by atomic mass is 10.1. The van der Waals surface area contributed by atoms with Crippen molar-refractivity contribution in [3.05, 3.63) is 82.7 Å². The molecule has 0 spiro atoms. The van der Waals surface area contributed by atoms with E-state index in [-0.39, 0.29) is 5.91 Å². The number of nitrogens with zero attached hydrogens (tertiary/aromatic N) is 4. The maximum Gasteiger partial charge on any atom is 0.253 e. The minimum absolute atomic E-state index is 0.0232. The molecule has 2 heterocycles. The van der Waals surface area contributed by atoms with E-state index in [0.717, 1.165) is 66.6 Å². The van der Waals surface area contributed by atoms with Crippen molar-refractivity contribution in [1.82, 2.24) is 19.6 Å². The molecule has 1 aromatic heterocycles. The van der Waals surface area contributed by atoms with Crippen LogP contribution in [0.2, 0.25) is 0 Å². The first kappa shape index (κ1) is 21.3. The molecule has 0 N–H and O–H groups in total. The lowest BCUT2D eigenvalue weighted by molar-refractivity contribution is 0.0341. The fraction of sp³-hybridized carbons (Fsp3) is 0.360. The number of carbonyl (C=O) groups is 1. The number of aromatic nitrogens is 2. The predicted octanol–water partition coefficient (Wildman–Crippen LogP) is 3.59. The van der Waals surface area contributed by atoms with Gasteiger partial charge in [0.15, 0.2) is 0 Å². The lowest BCUT2D eigenvalue weighted by Crippen LogP contribution is -2.35. The Labute approximate surface area is 184 Å². The molecule has 0 aliphatic carbocycles. The maximum absolute atomic E-state index is 13.2. The van der Waals surface area contributed by atoms with Gasteiger partial charge in [-0.3, -0.25) is 9.69 Å². The number of rotatable bonds is 6. The Morgan fingerprint density at radius 2 is 1.81 bits per heavy atom. The highest BCUT2D eigenvalue weighted by molar-refractivity contribution is 5.94. The minimum atomic E-state index is 0.0232. The molecule has 0 bridgehead atoms. The van der Waals surface area contributed by atoms with Gasteiger partial charge in [-0.2, -0.15) is 5.10 Å². The summed E-state index contributed by atoms with van der Waals surface area (Å²) in [5.74, 6) is 0.0232. The van der Waals surface area contributed by atoms with Crippen LogP contribution in [0.3, 0.4) is 0 Å². The van der Waals surface area contributed by atoms with Crippen LogP contribution in [0.1, 0.15) is 32.9 Å². The molecule has 1 aliphatic rings. The van der Waals surface area contributed by atoms with Gasteiger partial charge in [0, 0.05) is 50.0 Å². The number of para-hydroxylation sites is 1. The zero-order chi connectivity index (χ0) is 21.8. The van der Waals surface area contributed by atoms with Crippen LogP contribution < -0.4 is 0 Å². The summed E-state index contributed by atoms with van der Waals surface area (Å²) in [5.41, 5.74) is 6.00. The van der Waals surface area contributed by atoms with Crippen LogP contribution in [0.5, 0.6) is 0 Å². The van der Waals surface area contributed by atoms with Crippen molar-refractivity contribution in [2.45, 2.75) is 26.9 Å². The SMILES string of the molecule is Cc1nn(-c2ccccc2)c(C)c1CN(C)C(=O)c1cccc(CN2CCOCC2)c1. The Kier molecular flexibility index (Phi) is 6.49. The average Bonchev–Trinajstić information content (AvgIpc) is 3.08. The quantitative estimate of drug-likeness (QED) is 0.614. The fourth-order valence-corrected chi connectivity index (χ4v) is 4.07. The summed E-state index contributed by atoms with van der Waals surface area (Å²) in [6.45, 7) is 8.84. The van der Waals surface area contributed by atoms with Gasteiger partial charge < -0.3 is 9.64 Å². The van der Waals surface area contributed by atoms with Gasteiger partial charge in [-0.05, 0) is 43.7 Å². The van der Waals surface area contributed by atoms with Crippen molar-refractivity contribution < 1.29 is 9.53 Å². The second-order valence-corrected chi connectivity index (χ2v) is 8.15. The number of amides is 1. The first-order chi connectivity index (χ1) is 15.0. The normalized spacial score (nSPS) is 14.5. The smallest absolute Gasteiger partial charge is 0.253 e. The van der Waals surface area contributed by atoms with E-state index < -0.39 is 0 Å². The maximum atomic E-state index is 13.2. The van der Waals surface area contributed by atoms with Crippen LogP contribution in [0.4, 0.5) is 0 Å². The van der Waals surface area contributed by atoms with Gasteiger partial charge in [0.05, 0.1) is 24.6 Å². The molecule has 0 saturated carbocycles. The van der Waals surface area contributed by atoms with E-state index >= 15 is 0 Å². The van der Waals surface area contributed by atoms with Crippen molar-refractivity contribution in [1.29, 1.82) is 0 Å². The van der Waals surface area contributed by atoms with E-state index in [4.69, 9.17) is 9.84 Å². The highest BCUT2D eigenvalue weighted by Crippen LogP contribution is 2.20. The molecule has 1 amide bonds. The van der Waals surface area contributed by atoms with Crippen LogP contribution in [-0.2, 0) is 17.8 Å². The number of benzene rings is 2. The fourth-order valence-electron chi connectivity index (χ4n) is 4.07.